The number of nitrogens with zero attached hydrogens (tertiary/aromatic N) is 1. The van der Waals surface area contributed by atoms with E-state index in [1.165, 1.54) is 6.07 Å². The third kappa shape index (κ3) is 2.72. The number of H-pyrrole nitrogens is 1. The van der Waals surface area contributed by atoms with Gasteiger partial charge in [0.25, 0.3) is 5.69 Å². The summed E-state index contributed by atoms with van der Waals surface area (Å²) in [5.41, 5.74) is -0.444. The molecule has 0 radical (unpaired) electrons. The van der Waals surface area contributed by atoms with Crippen molar-refractivity contribution in [2.45, 2.75) is 0 Å². The van der Waals surface area contributed by atoms with Crippen LogP contribution in [0.2, 0.25) is 0 Å². The number of carbonyl (C=O) groups excluding carboxylic acids is 1. The predicted octanol–water partition coefficient (Wildman–Crippen LogP) is 3.99. The fraction of sp³-hybridized carbons (Fsp3) is 0. The summed E-state index contributed by atoms with van der Waals surface area (Å²) in [6.45, 7) is 0. The van der Waals surface area contributed by atoms with E-state index in [4.69, 9.17) is 0 Å². The third-order valence-electron chi connectivity index (χ3n) is 3.40. The average Bonchev–Trinajstić information content (AvgIpc) is 3.05. The van der Waals surface area contributed by atoms with Crippen molar-refractivity contribution in [3.63, 3.8) is 0 Å². The van der Waals surface area contributed by atoms with Crippen molar-refractivity contribution >= 4 is 22.6 Å². The highest BCUT2D eigenvalue weighted by Crippen LogP contribution is 2.30. The number of nitro groups is 1. The number of esters is 1. The van der Waals surface area contributed by atoms with E-state index in [1.807, 2.05) is 0 Å². The summed E-state index contributed by atoms with van der Waals surface area (Å²) in [6, 6.07) is 4.58. The largest absolute Gasteiger partial charge is 0.415 e. The zero-order valence-electron chi connectivity index (χ0n) is 12.3. The lowest BCUT2D eigenvalue weighted by molar-refractivity contribution is -0.384. The van der Waals surface area contributed by atoms with Crippen molar-refractivity contribution in [1.82, 2.24) is 4.98 Å². The average molecular weight is 372 g/mol. The molecule has 0 aliphatic heterocycles. The lowest BCUT2D eigenvalue weighted by Crippen LogP contribution is -2.14. The minimum absolute atomic E-state index is 0.198. The zero-order valence-corrected chi connectivity index (χ0v) is 12.3. The number of aromatic amines is 1. The van der Waals surface area contributed by atoms with Crippen molar-refractivity contribution in [2.75, 3.05) is 0 Å². The lowest BCUT2D eigenvalue weighted by atomic mass is 10.2. The van der Waals surface area contributed by atoms with Crippen LogP contribution in [0.15, 0.2) is 24.3 Å². The van der Waals surface area contributed by atoms with E-state index < -0.39 is 51.4 Å². The Bertz CT molecular complexity index is 1050. The number of nitrogens with one attached hydrogen (secondary N) is 1. The molecule has 11 heteroatoms. The van der Waals surface area contributed by atoms with Crippen molar-refractivity contribution in [2.24, 2.45) is 0 Å². The molecular formula is C15H5F5N2O4. The topological polar surface area (TPSA) is 85.2 Å². The van der Waals surface area contributed by atoms with Gasteiger partial charge >= 0.3 is 5.97 Å². The maximum atomic E-state index is 13.5. The molecule has 2 aromatic carbocycles. The molecule has 3 rings (SSSR count). The molecule has 0 unspecified atom stereocenters. The molecule has 6 nitrogen and oxygen atoms in total. The Balaban J connectivity index is 1.99. The number of ether oxygens (including phenoxy) is 1. The molecule has 0 aliphatic rings. The van der Waals surface area contributed by atoms with E-state index in [0.29, 0.717) is 0 Å². The van der Waals surface area contributed by atoms with E-state index in [0.717, 1.165) is 18.2 Å². The van der Waals surface area contributed by atoms with Crippen LogP contribution in [0.3, 0.4) is 0 Å². The number of aromatic nitrogens is 1. The maximum absolute atomic E-state index is 13.5. The Morgan fingerprint density at radius 1 is 0.962 bits per heavy atom. The monoisotopic (exact) mass is 372 g/mol. The Hall–Kier alpha value is -3.50. The summed E-state index contributed by atoms with van der Waals surface area (Å²) in [6.07, 6.45) is 0. The van der Waals surface area contributed by atoms with Crippen LogP contribution in [0, 0.1) is 39.2 Å². The smallest absolute Gasteiger partial charge is 0.360 e. The fourth-order valence-corrected chi connectivity index (χ4v) is 2.17. The minimum Gasteiger partial charge on any atom is -0.415 e. The van der Waals surface area contributed by atoms with Crippen molar-refractivity contribution < 1.29 is 36.4 Å². The second kappa shape index (κ2) is 6.10. The minimum atomic E-state index is -2.39. The Morgan fingerprint density at radius 3 is 2.12 bits per heavy atom. The lowest BCUT2D eigenvalue weighted by Gasteiger charge is -2.07. The number of rotatable bonds is 3. The molecule has 1 N–H and O–H groups in total. The van der Waals surface area contributed by atoms with E-state index >= 15 is 0 Å². The highest BCUT2D eigenvalue weighted by Gasteiger charge is 2.29. The summed E-state index contributed by atoms with van der Waals surface area (Å²) in [5.74, 6) is -14.7. The summed E-state index contributed by atoms with van der Waals surface area (Å²) in [4.78, 5) is 24.4. The zero-order chi connectivity index (χ0) is 19.2. The van der Waals surface area contributed by atoms with Crippen LogP contribution in [0.5, 0.6) is 5.75 Å². The highest BCUT2D eigenvalue weighted by molar-refractivity contribution is 5.96. The predicted molar refractivity (Wildman–Crippen MR) is 76.1 cm³/mol. The second-order valence-corrected chi connectivity index (χ2v) is 5.00. The van der Waals surface area contributed by atoms with Crippen molar-refractivity contribution in [3.8, 4) is 5.75 Å². The molecular weight excluding hydrogens is 367 g/mol. The highest BCUT2D eigenvalue weighted by atomic mass is 19.2. The van der Waals surface area contributed by atoms with Gasteiger partial charge in [0.15, 0.2) is 0 Å². The number of hydrogen-bond donors (Lipinski definition) is 1. The number of halogens is 5. The van der Waals surface area contributed by atoms with Crippen molar-refractivity contribution in [1.29, 1.82) is 0 Å². The van der Waals surface area contributed by atoms with Crippen LogP contribution in [-0.2, 0) is 0 Å². The van der Waals surface area contributed by atoms with Gasteiger partial charge in [0, 0.05) is 23.0 Å². The molecule has 1 heterocycles. The summed E-state index contributed by atoms with van der Waals surface area (Å²) < 4.78 is 70.6. The molecule has 26 heavy (non-hydrogen) atoms. The molecule has 134 valence electrons. The summed E-state index contributed by atoms with van der Waals surface area (Å²) in [5, 5.41) is 10.9. The summed E-state index contributed by atoms with van der Waals surface area (Å²) >= 11 is 0. The molecule has 0 bridgehead atoms. The molecule has 0 aliphatic carbocycles. The first-order valence-electron chi connectivity index (χ1n) is 6.71. The number of non-ortho nitro benzene ring substituents is 1. The first kappa shape index (κ1) is 17.3. The quantitative estimate of drug-likeness (QED) is 0.143. The number of hydrogen-bond acceptors (Lipinski definition) is 4. The first-order chi connectivity index (χ1) is 12.2. The Labute approximate surface area is 139 Å². The molecule has 0 saturated carbocycles. The SMILES string of the molecule is O=C(Oc1c(F)c(F)c(F)c(F)c1F)c1cc2cc([N+](=O)[O-])ccc2[nH]1. The van der Waals surface area contributed by atoms with Gasteiger partial charge in [0.1, 0.15) is 5.69 Å². The van der Waals surface area contributed by atoms with E-state index in [2.05, 4.69) is 9.72 Å². The third-order valence-corrected chi connectivity index (χ3v) is 3.40. The van der Waals surface area contributed by atoms with E-state index in [-0.39, 0.29) is 16.6 Å². The number of nitro benzene ring substituents is 1. The molecule has 1 aromatic heterocycles. The van der Waals surface area contributed by atoms with E-state index in [9.17, 15) is 36.9 Å². The van der Waals surface area contributed by atoms with Gasteiger partial charge in [-0.1, -0.05) is 0 Å². The van der Waals surface area contributed by atoms with Gasteiger partial charge in [0.2, 0.25) is 34.8 Å². The molecule has 0 spiro atoms. The van der Waals surface area contributed by atoms with Crippen LogP contribution in [0.1, 0.15) is 10.5 Å². The van der Waals surface area contributed by atoms with Gasteiger partial charge in [-0.05, 0) is 12.1 Å². The number of fused-ring (bicyclic) bond motifs is 1. The first-order valence-corrected chi connectivity index (χ1v) is 6.71. The van der Waals surface area contributed by atoms with Crippen LogP contribution >= 0.6 is 0 Å². The van der Waals surface area contributed by atoms with Crippen LogP contribution in [-0.4, -0.2) is 15.9 Å². The van der Waals surface area contributed by atoms with Crippen molar-refractivity contribution in [3.05, 3.63) is 69.2 Å². The second-order valence-electron chi connectivity index (χ2n) is 5.00. The van der Waals surface area contributed by atoms with Gasteiger partial charge in [-0.3, -0.25) is 10.1 Å². The Kier molecular flexibility index (Phi) is 4.06. The molecule has 3 aromatic rings. The molecule has 0 amide bonds. The summed E-state index contributed by atoms with van der Waals surface area (Å²) in [7, 11) is 0. The maximum Gasteiger partial charge on any atom is 0.360 e. The molecule has 0 fully saturated rings. The fourth-order valence-electron chi connectivity index (χ4n) is 2.17. The standard InChI is InChI=1S/C15H5F5N2O4/c16-9-10(17)12(19)14(13(20)11(9)18)26-15(23)8-4-5-3-6(22(24)25)1-2-7(5)21-8/h1-4,21H. The van der Waals surface area contributed by atoms with Crippen LogP contribution in [0.25, 0.3) is 10.9 Å². The normalized spacial score (nSPS) is 11.0. The van der Waals surface area contributed by atoms with E-state index in [1.54, 1.807) is 0 Å². The van der Waals surface area contributed by atoms with Gasteiger partial charge in [-0.25, -0.2) is 18.0 Å². The van der Waals surface area contributed by atoms with Crippen LogP contribution < -0.4 is 4.74 Å². The number of carbonyl (C=O) groups is 1. The van der Waals surface area contributed by atoms with Gasteiger partial charge < -0.3 is 9.72 Å². The number of benzene rings is 2. The van der Waals surface area contributed by atoms with Gasteiger partial charge in [0.05, 0.1) is 4.92 Å². The molecule has 0 atom stereocenters. The van der Waals surface area contributed by atoms with Gasteiger partial charge in [-0.15, -0.1) is 0 Å². The van der Waals surface area contributed by atoms with Gasteiger partial charge in [-0.2, -0.15) is 8.78 Å². The van der Waals surface area contributed by atoms with Crippen LogP contribution in [0.4, 0.5) is 27.6 Å². The Morgan fingerprint density at radius 2 is 1.54 bits per heavy atom. The molecule has 0 saturated heterocycles.